The number of carbonyl (C=O) groups is 1. The van der Waals surface area contributed by atoms with Crippen molar-refractivity contribution >= 4 is 49.1 Å². The molecule has 0 amide bonds. The predicted molar refractivity (Wildman–Crippen MR) is 125 cm³/mol. The van der Waals surface area contributed by atoms with Crippen LogP contribution in [0, 0.1) is 0 Å². The van der Waals surface area contributed by atoms with E-state index in [0.29, 0.717) is 0 Å². The first-order valence-electron chi connectivity index (χ1n) is 10.3. The Labute approximate surface area is 179 Å². The molecule has 3 N–H and O–H groups in total. The highest BCUT2D eigenvalue weighted by Crippen LogP contribution is 2.35. The lowest BCUT2D eigenvalue weighted by molar-refractivity contribution is -0.386. The zero-order chi connectivity index (χ0) is 21.4. The largest absolute Gasteiger partial charge is 0.545 e. The molecule has 0 aliphatic carbocycles. The lowest BCUT2D eigenvalue weighted by atomic mass is 9.92. The number of hydrogen-bond acceptors (Lipinski definition) is 2. The first kappa shape index (κ1) is 19.0. The summed E-state index contributed by atoms with van der Waals surface area (Å²) in [6.07, 6.45) is 0. The normalized spacial score (nSPS) is 11.1. The second kappa shape index (κ2) is 7.71. The predicted octanol–water partition coefficient (Wildman–Crippen LogP) is 4.53. The molecule has 0 aliphatic heterocycles. The minimum absolute atomic E-state index is 0.255. The van der Waals surface area contributed by atoms with Crippen LogP contribution in [0.15, 0.2) is 97.1 Å². The molecule has 6 aromatic rings. The van der Waals surface area contributed by atoms with Crippen molar-refractivity contribution in [3.63, 3.8) is 0 Å². The first-order chi connectivity index (χ1) is 15.2. The van der Waals surface area contributed by atoms with Crippen LogP contribution in [0.1, 0.15) is 15.9 Å². The van der Waals surface area contributed by atoms with E-state index in [1.165, 1.54) is 16.3 Å². The third-order valence-electron chi connectivity index (χ3n) is 5.90. The molecule has 0 saturated carbocycles. The number of carboxylic acids is 1. The van der Waals surface area contributed by atoms with Crippen LogP contribution in [0.5, 0.6) is 0 Å². The Bertz CT molecular complexity index is 1530. The molecule has 0 heterocycles. The Morgan fingerprint density at radius 3 is 1.94 bits per heavy atom. The number of aromatic carboxylic acids is 1. The fourth-order valence-electron chi connectivity index (χ4n) is 4.42. The highest BCUT2D eigenvalue weighted by Gasteiger charge is 2.10. The Morgan fingerprint density at radius 1 is 0.613 bits per heavy atom. The zero-order valence-corrected chi connectivity index (χ0v) is 17.0. The zero-order valence-electron chi connectivity index (χ0n) is 17.0. The fourth-order valence-corrected chi connectivity index (χ4v) is 4.42. The topological polar surface area (TPSA) is 67.8 Å². The van der Waals surface area contributed by atoms with E-state index in [1.807, 2.05) is 42.5 Å². The lowest BCUT2D eigenvalue weighted by Gasteiger charge is -2.14. The van der Waals surface area contributed by atoms with Gasteiger partial charge in [-0.2, -0.15) is 0 Å². The van der Waals surface area contributed by atoms with Gasteiger partial charge in [-0.15, -0.1) is 0 Å². The van der Waals surface area contributed by atoms with Crippen LogP contribution in [0.2, 0.25) is 0 Å². The number of carbonyl (C=O) groups excluding carboxylic acids is 1. The summed E-state index contributed by atoms with van der Waals surface area (Å²) in [7, 11) is 0. The molecule has 0 bridgehead atoms. The Balaban J connectivity index is 0.000000147. The number of hydrogen-bond donors (Lipinski definition) is 1. The van der Waals surface area contributed by atoms with Crippen LogP contribution >= 0.6 is 0 Å². The Hall–Kier alpha value is -3.95. The molecule has 0 atom stereocenters. The van der Waals surface area contributed by atoms with Crippen LogP contribution < -0.4 is 10.8 Å². The van der Waals surface area contributed by atoms with Crippen molar-refractivity contribution < 1.29 is 15.6 Å². The van der Waals surface area contributed by atoms with Crippen molar-refractivity contribution in [1.82, 2.24) is 0 Å². The highest BCUT2D eigenvalue weighted by molar-refractivity contribution is 6.25. The van der Waals surface area contributed by atoms with Crippen molar-refractivity contribution in [3.8, 4) is 0 Å². The monoisotopic (exact) mass is 403 g/mol. The van der Waals surface area contributed by atoms with Crippen LogP contribution in [0.3, 0.4) is 0 Å². The van der Waals surface area contributed by atoms with Gasteiger partial charge in [0.2, 0.25) is 0 Å². The van der Waals surface area contributed by atoms with Gasteiger partial charge in [-0.25, -0.2) is 0 Å². The van der Waals surface area contributed by atoms with Crippen molar-refractivity contribution in [2.75, 3.05) is 0 Å². The molecule has 0 unspecified atom stereocenters. The average Bonchev–Trinajstić information content (AvgIpc) is 2.82. The third-order valence-corrected chi connectivity index (χ3v) is 5.90. The minimum atomic E-state index is -1.13. The van der Waals surface area contributed by atoms with Gasteiger partial charge in [0.1, 0.15) is 6.54 Å². The van der Waals surface area contributed by atoms with Crippen LogP contribution in [0.25, 0.3) is 43.1 Å². The molecular weight excluding hydrogens is 382 g/mol. The van der Waals surface area contributed by atoms with Gasteiger partial charge < -0.3 is 15.6 Å². The van der Waals surface area contributed by atoms with Crippen LogP contribution in [0.4, 0.5) is 0 Å². The van der Waals surface area contributed by atoms with Crippen molar-refractivity contribution in [3.05, 3.63) is 108 Å². The summed E-state index contributed by atoms with van der Waals surface area (Å²) in [6, 6.07) is 32.3. The molecule has 0 aliphatic rings. The van der Waals surface area contributed by atoms with Gasteiger partial charge in [0.25, 0.3) is 0 Å². The van der Waals surface area contributed by atoms with Crippen molar-refractivity contribution in [1.29, 1.82) is 0 Å². The number of rotatable bonds is 2. The highest BCUT2D eigenvalue weighted by atomic mass is 16.4. The standard InChI is InChI=1S/C17H10O2.C11H11N/c18-17(19)14-9-7-12-5-4-10-2-1-3-11-6-8-13(14)16(12)15(10)11;12-8-10-6-3-5-9-4-1-2-7-11(9)10/h1-9H,(H,18,19);1-7H,8,12H2. The molecule has 3 nitrogen and oxygen atoms in total. The second-order valence-corrected chi connectivity index (χ2v) is 7.64. The smallest absolute Gasteiger partial charge is 0.100 e. The molecule has 6 aromatic carbocycles. The van der Waals surface area contributed by atoms with E-state index in [4.69, 9.17) is 0 Å². The molecule has 31 heavy (non-hydrogen) atoms. The van der Waals surface area contributed by atoms with E-state index < -0.39 is 5.97 Å². The molecule has 0 aromatic heterocycles. The average molecular weight is 403 g/mol. The quantitative estimate of drug-likeness (QED) is 0.432. The van der Waals surface area contributed by atoms with Gasteiger partial charge in [-0.3, -0.25) is 0 Å². The van der Waals surface area contributed by atoms with Gasteiger partial charge >= 0.3 is 0 Å². The fraction of sp³-hybridized carbons (Fsp3) is 0.0357. The van der Waals surface area contributed by atoms with E-state index >= 15 is 0 Å². The Kier molecular flexibility index (Phi) is 4.73. The van der Waals surface area contributed by atoms with Crippen molar-refractivity contribution in [2.24, 2.45) is 0 Å². The maximum absolute atomic E-state index is 11.2. The maximum Gasteiger partial charge on any atom is 0.100 e. The van der Waals surface area contributed by atoms with Gasteiger partial charge in [0.05, 0.1) is 5.97 Å². The van der Waals surface area contributed by atoms with E-state index in [9.17, 15) is 9.90 Å². The maximum atomic E-state index is 11.2. The van der Waals surface area contributed by atoms with Gasteiger partial charge in [-0.05, 0) is 43.1 Å². The van der Waals surface area contributed by atoms with Crippen LogP contribution in [-0.4, -0.2) is 5.97 Å². The summed E-state index contributed by atoms with van der Waals surface area (Å²) in [5.74, 6) is -1.13. The summed E-state index contributed by atoms with van der Waals surface area (Å²) in [4.78, 5) is 11.2. The van der Waals surface area contributed by atoms with Crippen molar-refractivity contribution in [2.45, 2.75) is 6.54 Å². The summed E-state index contributed by atoms with van der Waals surface area (Å²) >= 11 is 0. The van der Waals surface area contributed by atoms with E-state index in [2.05, 4.69) is 54.3 Å². The summed E-state index contributed by atoms with van der Waals surface area (Å²) in [6.45, 7) is 0.862. The second-order valence-electron chi connectivity index (χ2n) is 7.64. The summed E-state index contributed by atoms with van der Waals surface area (Å²) < 4.78 is 0. The first-order valence-corrected chi connectivity index (χ1v) is 10.3. The van der Waals surface area contributed by atoms with Gasteiger partial charge in [0, 0.05) is 11.1 Å². The van der Waals surface area contributed by atoms with Gasteiger partial charge in [-0.1, -0.05) is 97.1 Å². The SMILES string of the molecule is O=C([O-])c1ccc2ccc3cccc4ccc1c2c34.[NH3+]Cc1cccc2ccccc12. The summed E-state index contributed by atoms with van der Waals surface area (Å²) in [5, 5.41) is 20.1. The molecule has 3 heteroatoms. The number of fused-ring (bicyclic) bond motifs is 1. The third kappa shape index (κ3) is 3.25. The van der Waals surface area contributed by atoms with E-state index in [1.54, 1.807) is 6.07 Å². The molecule has 0 saturated heterocycles. The molecule has 0 spiro atoms. The lowest BCUT2D eigenvalue weighted by Crippen LogP contribution is -2.47. The van der Waals surface area contributed by atoms with E-state index in [-0.39, 0.29) is 5.56 Å². The van der Waals surface area contributed by atoms with E-state index in [0.717, 1.165) is 38.9 Å². The number of benzene rings is 6. The Morgan fingerprint density at radius 2 is 1.19 bits per heavy atom. The number of quaternary nitrogens is 1. The van der Waals surface area contributed by atoms with Crippen LogP contribution in [-0.2, 0) is 6.54 Å². The number of carboxylic acid groups (broad SMARTS) is 1. The van der Waals surface area contributed by atoms with Gasteiger partial charge in [0.15, 0.2) is 0 Å². The molecular formula is C28H21NO2. The molecule has 6 rings (SSSR count). The minimum Gasteiger partial charge on any atom is -0.545 e. The summed E-state index contributed by atoms with van der Waals surface area (Å²) in [5.41, 5.74) is 5.49. The molecule has 150 valence electrons. The molecule has 0 radical (unpaired) electrons. The molecule has 0 fully saturated rings.